The zero-order chi connectivity index (χ0) is 20.3. The Balaban J connectivity index is 1.58. The predicted octanol–water partition coefficient (Wildman–Crippen LogP) is 3.17. The summed E-state index contributed by atoms with van der Waals surface area (Å²) in [5.74, 6) is 0.859. The first kappa shape index (κ1) is 20.1. The van der Waals surface area contributed by atoms with E-state index in [0.29, 0.717) is 24.2 Å². The van der Waals surface area contributed by atoms with E-state index < -0.39 is 18.2 Å². The molecule has 0 aromatic heterocycles. The van der Waals surface area contributed by atoms with E-state index in [1.165, 1.54) is 5.57 Å². The minimum absolute atomic E-state index is 0.0691. The number of rotatable bonds is 3. The monoisotopic (exact) mass is 390 g/mol. The van der Waals surface area contributed by atoms with Crippen molar-refractivity contribution in [3.05, 3.63) is 11.6 Å². The van der Waals surface area contributed by atoms with Crippen molar-refractivity contribution < 1.29 is 24.5 Å². The summed E-state index contributed by atoms with van der Waals surface area (Å²) in [6.07, 6.45) is 9.29. The van der Waals surface area contributed by atoms with Crippen molar-refractivity contribution in [1.82, 2.24) is 0 Å². The van der Waals surface area contributed by atoms with Gasteiger partial charge in [0.1, 0.15) is 18.3 Å². The van der Waals surface area contributed by atoms with E-state index in [-0.39, 0.29) is 22.7 Å². The molecule has 7 atom stereocenters. The van der Waals surface area contributed by atoms with Crippen molar-refractivity contribution in [1.29, 1.82) is 0 Å². The Bertz CT molecular complexity index is 714. The SMILES string of the molecule is CC(=O)[C@@]1(O)CC[C@H]2[C@@H]3CC=C4C[C@@H](OC(=O)CO)CC[C@]4(C)[C@H]3CC[C@@]21C. The molecule has 0 radical (unpaired) electrons. The van der Waals surface area contributed by atoms with Gasteiger partial charge in [-0.3, -0.25) is 4.79 Å². The Morgan fingerprint density at radius 1 is 1.14 bits per heavy atom. The van der Waals surface area contributed by atoms with Crippen LogP contribution < -0.4 is 0 Å². The number of hydrogen-bond donors (Lipinski definition) is 2. The molecule has 0 spiro atoms. The van der Waals surface area contributed by atoms with Crippen LogP contribution in [0.4, 0.5) is 0 Å². The van der Waals surface area contributed by atoms with E-state index in [1.54, 1.807) is 6.92 Å². The summed E-state index contributed by atoms with van der Waals surface area (Å²) in [7, 11) is 0. The second-order valence-corrected chi connectivity index (χ2v) is 10.2. The van der Waals surface area contributed by atoms with Crippen LogP contribution in [-0.2, 0) is 14.3 Å². The summed E-state index contributed by atoms with van der Waals surface area (Å²) in [5.41, 5.74) is 0.0434. The van der Waals surface area contributed by atoms with Gasteiger partial charge in [0, 0.05) is 11.8 Å². The van der Waals surface area contributed by atoms with Gasteiger partial charge in [0.05, 0.1) is 0 Å². The van der Waals surface area contributed by atoms with Gasteiger partial charge < -0.3 is 14.9 Å². The van der Waals surface area contributed by atoms with Crippen LogP contribution in [0.1, 0.15) is 72.1 Å². The van der Waals surface area contributed by atoms with Crippen LogP contribution >= 0.6 is 0 Å². The Kier molecular flexibility index (Phi) is 4.78. The molecule has 156 valence electrons. The van der Waals surface area contributed by atoms with Gasteiger partial charge >= 0.3 is 5.97 Å². The molecular formula is C23H34O5. The summed E-state index contributed by atoms with van der Waals surface area (Å²) in [6, 6.07) is 0. The van der Waals surface area contributed by atoms with E-state index in [2.05, 4.69) is 19.9 Å². The quantitative estimate of drug-likeness (QED) is 0.571. The van der Waals surface area contributed by atoms with Crippen LogP contribution in [0.2, 0.25) is 0 Å². The molecule has 5 heteroatoms. The summed E-state index contributed by atoms with van der Waals surface area (Å²) in [4.78, 5) is 23.8. The average molecular weight is 391 g/mol. The number of hydrogen-bond acceptors (Lipinski definition) is 5. The number of aliphatic hydroxyl groups is 2. The first-order chi connectivity index (χ1) is 13.2. The molecule has 0 saturated heterocycles. The van der Waals surface area contributed by atoms with Gasteiger partial charge in [0.2, 0.25) is 0 Å². The van der Waals surface area contributed by atoms with Gasteiger partial charge in [0.15, 0.2) is 5.78 Å². The minimum atomic E-state index is -1.16. The number of ether oxygens (including phenoxy) is 1. The smallest absolute Gasteiger partial charge is 0.332 e. The number of fused-ring (bicyclic) bond motifs is 5. The van der Waals surface area contributed by atoms with Gasteiger partial charge in [-0.25, -0.2) is 4.79 Å². The van der Waals surface area contributed by atoms with Gasteiger partial charge in [-0.05, 0) is 75.0 Å². The first-order valence-corrected chi connectivity index (χ1v) is 10.9. The van der Waals surface area contributed by atoms with Crippen molar-refractivity contribution in [3.63, 3.8) is 0 Å². The number of carbonyl (C=O) groups is 2. The largest absolute Gasteiger partial charge is 0.460 e. The standard InChI is InChI=1S/C23H34O5/c1-14(25)23(27)11-8-19-17-5-4-15-12-16(28-20(26)13-24)6-9-21(15,2)18(17)7-10-22(19,23)3/h4,16-19,24,27H,5-13H2,1-3H3/t16-,17+,18-,19-,21-,22-,23-/m0/s1. The number of allylic oxidation sites excluding steroid dienone is 1. The third kappa shape index (κ3) is 2.65. The lowest BCUT2D eigenvalue weighted by Crippen LogP contribution is -2.57. The molecule has 5 nitrogen and oxygen atoms in total. The lowest BCUT2D eigenvalue weighted by atomic mass is 9.47. The van der Waals surface area contributed by atoms with Crippen molar-refractivity contribution in [2.24, 2.45) is 28.6 Å². The van der Waals surface area contributed by atoms with Gasteiger partial charge in [0.25, 0.3) is 0 Å². The topological polar surface area (TPSA) is 83.8 Å². The third-order valence-corrected chi connectivity index (χ3v) is 9.22. The molecule has 0 aromatic rings. The second kappa shape index (κ2) is 6.66. The molecule has 4 aliphatic rings. The van der Waals surface area contributed by atoms with E-state index >= 15 is 0 Å². The minimum Gasteiger partial charge on any atom is -0.460 e. The van der Waals surface area contributed by atoms with Gasteiger partial charge in [-0.15, -0.1) is 0 Å². The van der Waals surface area contributed by atoms with E-state index in [4.69, 9.17) is 9.84 Å². The van der Waals surface area contributed by atoms with Crippen LogP contribution in [0, 0.1) is 28.6 Å². The number of Topliss-reactive ketones (excluding diaryl/α,β-unsaturated/α-hetero) is 1. The molecule has 0 unspecified atom stereocenters. The second-order valence-electron chi connectivity index (χ2n) is 10.2. The molecule has 2 N–H and O–H groups in total. The maximum absolute atomic E-state index is 12.3. The maximum atomic E-state index is 12.3. The van der Waals surface area contributed by atoms with Crippen LogP contribution in [0.3, 0.4) is 0 Å². The average Bonchev–Trinajstić information content (AvgIpc) is 2.94. The highest BCUT2D eigenvalue weighted by atomic mass is 16.6. The Hall–Kier alpha value is -1.20. The molecule has 0 aromatic carbocycles. The lowest BCUT2D eigenvalue weighted by Gasteiger charge is -2.58. The molecule has 28 heavy (non-hydrogen) atoms. The summed E-state index contributed by atoms with van der Waals surface area (Å²) >= 11 is 0. The highest BCUT2D eigenvalue weighted by Gasteiger charge is 2.65. The highest BCUT2D eigenvalue weighted by Crippen LogP contribution is 2.67. The van der Waals surface area contributed by atoms with Crippen LogP contribution in [0.5, 0.6) is 0 Å². The molecule has 4 aliphatic carbocycles. The summed E-state index contributed by atoms with van der Waals surface area (Å²) < 4.78 is 5.41. The van der Waals surface area contributed by atoms with E-state index in [0.717, 1.165) is 44.9 Å². The number of esters is 1. The highest BCUT2D eigenvalue weighted by molar-refractivity contribution is 5.86. The van der Waals surface area contributed by atoms with Crippen LogP contribution in [-0.4, -0.2) is 40.3 Å². The number of carbonyl (C=O) groups excluding carboxylic acids is 2. The zero-order valence-corrected chi connectivity index (χ0v) is 17.4. The van der Waals surface area contributed by atoms with Crippen molar-refractivity contribution >= 4 is 11.8 Å². The normalized spacial score (nSPS) is 47.4. The molecule has 0 amide bonds. The fourth-order valence-corrected chi connectivity index (χ4v) is 7.55. The molecule has 4 rings (SSSR count). The zero-order valence-electron chi connectivity index (χ0n) is 17.4. The van der Waals surface area contributed by atoms with Crippen molar-refractivity contribution in [2.45, 2.75) is 83.8 Å². The molecule has 0 heterocycles. The Morgan fingerprint density at radius 2 is 1.86 bits per heavy atom. The van der Waals surface area contributed by atoms with E-state index in [9.17, 15) is 14.7 Å². The molecule has 0 aliphatic heterocycles. The van der Waals surface area contributed by atoms with E-state index in [1.807, 2.05) is 0 Å². The fraction of sp³-hybridized carbons (Fsp3) is 0.826. The Labute approximate surface area is 167 Å². The summed E-state index contributed by atoms with van der Waals surface area (Å²) in [5, 5.41) is 20.2. The van der Waals surface area contributed by atoms with Gasteiger partial charge in [-0.2, -0.15) is 0 Å². The van der Waals surface area contributed by atoms with Crippen molar-refractivity contribution in [3.8, 4) is 0 Å². The lowest BCUT2D eigenvalue weighted by molar-refractivity contribution is -0.161. The first-order valence-electron chi connectivity index (χ1n) is 10.9. The van der Waals surface area contributed by atoms with Gasteiger partial charge in [-0.1, -0.05) is 25.5 Å². The number of ketones is 1. The van der Waals surface area contributed by atoms with Crippen molar-refractivity contribution in [2.75, 3.05) is 6.61 Å². The number of aliphatic hydroxyl groups excluding tert-OH is 1. The molecule has 3 fully saturated rings. The van der Waals surface area contributed by atoms with Crippen LogP contribution in [0.15, 0.2) is 11.6 Å². The molecule has 0 bridgehead atoms. The predicted molar refractivity (Wildman–Crippen MR) is 104 cm³/mol. The van der Waals surface area contributed by atoms with Crippen LogP contribution in [0.25, 0.3) is 0 Å². The molecule has 3 saturated carbocycles. The summed E-state index contributed by atoms with van der Waals surface area (Å²) in [6.45, 7) is 5.51. The third-order valence-electron chi connectivity index (χ3n) is 9.22. The Morgan fingerprint density at radius 3 is 2.54 bits per heavy atom. The fourth-order valence-electron chi connectivity index (χ4n) is 7.55. The molecular weight excluding hydrogens is 356 g/mol. The maximum Gasteiger partial charge on any atom is 0.332 e.